The lowest BCUT2D eigenvalue weighted by atomic mass is 10.1. The van der Waals surface area contributed by atoms with Crippen molar-refractivity contribution in [3.05, 3.63) is 71.4 Å². The Hall–Kier alpha value is -2.54. The number of amides is 2. The lowest BCUT2D eigenvalue weighted by Crippen LogP contribution is -2.45. The molecule has 3 rings (SSSR count). The van der Waals surface area contributed by atoms with Crippen LogP contribution in [0.2, 0.25) is 0 Å². The molecule has 0 unspecified atom stereocenters. The number of rotatable bonds is 12. The van der Waals surface area contributed by atoms with Crippen molar-refractivity contribution in [1.82, 2.24) is 14.8 Å². The van der Waals surface area contributed by atoms with Crippen LogP contribution in [0.3, 0.4) is 0 Å². The molecule has 0 aliphatic carbocycles. The largest absolute Gasteiger partial charge is 0.385 e. The van der Waals surface area contributed by atoms with Crippen molar-refractivity contribution in [2.45, 2.75) is 31.1 Å². The SMILES string of the molecule is COCCCN(CC(=O)N(CCc1c[nH]c2ccccc12)Cc1ccc(C)cc1)C(=O)C(Cl)Cl. The third-order valence-electron chi connectivity index (χ3n) is 5.77. The van der Waals surface area contributed by atoms with E-state index in [4.69, 9.17) is 27.9 Å². The van der Waals surface area contributed by atoms with Crippen LogP contribution in [-0.4, -0.2) is 64.8 Å². The maximum atomic E-state index is 13.4. The Morgan fingerprint density at radius 2 is 1.76 bits per heavy atom. The minimum Gasteiger partial charge on any atom is -0.385 e. The number of methoxy groups -OCH3 is 1. The predicted octanol–water partition coefficient (Wildman–Crippen LogP) is 4.72. The highest BCUT2D eigenvalue weighted by Crippen LogP contribution is 2.19. The van der Waals surface area contributed by atoms with Gasteiger partial charge in [0, 0.05) is 50.5 Å². The van der Waals surface area contributed by atoms with Gasteiger partial charge < -0.3 is 19.5 Å². The molecule has 0 saturated heterocycles. The summed E-state index contributed by atoms with van der Waals surface area (Å²) in [7, 11) is 1.59. The number of fused-ring (bicyclic) bond motifs is 1. The average molecular weight is 504 g/mol. The Kier molecular flexibility index (Phi) is 9.81. The second-order valence-electron chi connectivity index (χ2n) is 8.32. The zero-order chi connectivity index (χ0) is 24.5. The maximum absolute atomic E-state index is 13.4. The molecular formula is C26H31Cl2N3O3. The van der Waals surface area contributed by atoms with Crippen LogP contribution >= 0.6 is 23.2 Å². The summed E-state index contributed by atoms with van der Waals surface area (Å²) in [4.78, 5) is 31.2. The fourth-order valence-electron chi connectivity index (χ4n) is 3.87. The molecule has 1 aromatic heterocycles. The van der Waals surface area contributed by atoms with Crippen LogP contribution in [0.25, 0.3) is 10.9 Å². The Morgan fingerprint density at radius 3 is 2.47 bits per heavy atom. The van der Waals surface area contributed by atoms with Crippen molar-refractivity contribution >= 4 is 45.9 Å². The van der Waals surface area contributed by atoms with Crippen LogP contribution in [-0.2, 0) is 27.3 Å². The number of halogens is 2. The number of aromatic amines is 1. The quantitative estimate of drug-likeness (QED) is 0.287. The third kappa shape index (κ3) is 7.23. The zero-order valence-electron chi connectivity index (χ0n) is 19.6. The fourth-order valence-corrected chi connectivity index (χ4v) is 4.14. The van der Waals surface area contributed by atoms with Gasteiger partial charge in [-0.05, 0) is 37.0 Å². The molecule has 0 fully saturated rings. The van der Waals surface area contributed by atoms with Gasteiger partial charge in [-0.25, -0.2) is 0 Å². The molecule has 182 valence electrons. The first-order chi connectivity index (χ1) is 16.4. The van der Waals surface area contributed by atoms with Crippen molar-refractivity contribution in [1.29, 1.82) is 0 Å². The molecule has 0 aliphatic heterocycles. The fraction of sp³-hybridized carbons (Fsp3) is 0.385. The number of carbonyl (C=O) groups excluding carboxylic acids is 2. The first kappa shape index (κ1) is 26.1. The van der Waals surface area contributed by atoms with Crippen LogP contribution in [0.5, 0.6) is 0 Å². The second-order valence-corrected chi connectivity index (χ2v) is 9.41. The van der Waals surface area contributed by atoms with Crippen LogP contribution < -0.4 is 0 Å². The van der Waals surface area contributed by atoms with E-state index in [1.807, 2.05) is 55.6 Å². The van der Waals surface area contributed by atoms with Crippen molar-refractivity contribution in [2.75, 3.05) is 33.4 Å². The second kappa shape index (κ2) is 12.8. The molecule has 2 aromatic carbocycles. The number of aryl methyl sites for hydroxylation is 1. The number of nitrogens with one attached hydrogen (secondary N) is 1. The molecule has 0 bridgehead atoms. The average Bonchev–Trinajstić information content (AvgIpc) is 3.25. The van der Waals surface area contributed by atoms with E-state index in [9.17, 15) is 9.59 Å². The number of alkyl halides is 2. The van der Waals surface area contributed by atoms with E-state index in [0.717, 1.165) is 27.6 Å². The van der Waals surface area contributed by atoms with Crippen molar-refractivity contribution in [2.24, 2.45) is 0 Å². The summed E-state index contributed by atoms with van der Waals surface area (Å²) in [5.41, 5.74) is 4.40. The number of ether oxygens (including phenoxy) is 1. The molecule has 6 nitrogen and oxygen atoms in total. The monoisotopic (exact) mass is 503 g/mol. The lowest BCUT2D eigenvalue weighted by Gasteiger charge is -2.28. The summed E-state index contributed by atoms with van der Waals surface area (Å²) in [6.07, 6.45) is 3.27. The zero-order valence-corrected chi connectivity index (χ0v) is 21.1. The molecule has 0 saturated carbocycles. The summed E-state index contributed by atoms with van der Waals surface area (Å²) in [6.45, 7) is 3.72. The van der Waals surface area contributed by atoms with E-state index in [-0.39, 0.29) is 12.5 Å². The Labute approximate surface area is 210 Å². The van der Waals surface area contributed by atoms with E-state index in [1.165, 1.54) is 4.90 Å². The van der Waals surface area contributed by atoms with Crippen LogP contribution in [0.4, 0.5) is 0 Å². The van der Waals surface area contributed by atoms with Gasteiger partial charge in [-0.15, -0.1) is 0 Å². The van der Waals surface area contributed by atoms with Gasteiger partial charge in [-0.3, -0.25) is 9.59 Å². The van der Waals surface area contributed by atoms with Gasteiger partial charge in [0.05, 0.1) is 6.54 Å². The summed E-state index contributed by atoms with van der Waals surface area (Å²) in [5, 5.41) is 1.15. The minimum absolute atomic E-state index is 0.0851. The van der Waals surface area contributed by atoms with Crippen LogP contribution in [0, 0.1) is 6.92 Å². The van der Waals surface area contributed by atoms with Gasteiger partial charge in [0.15, 0.2) is 4.84 Å². The summed E-state index contributed by atoms with van der Waals surface area (Å²) in [5.74, 6) is -0.625. The Balaban J connectivity index is 1.76. The molecule has 8 heteroatoms. The van der Waals surface area contributed by atoms with Crippen LogP contribution in [0.15, 0.2) is 54.7 Å². The first-order valence-electron chi connectivity index (χ1n) is 11.3. The molecule has 1 N–H and O–H groups in total. The molecule has 0 atom stereocenters. The molecule has 0 aliphatic rings. The Bertz CT molecular complexity index is 1080. The van der Waals surface area contributed by atoms with Gasteiger partial charge in [0.25, 0.3) is 5.91 Å². The van der Waals surface area contributed by atoms with Gasteiger partial charge in [0.1, 0.15) is 0 Å². The van der Waals surface area contributed by atoms with Crippen molar-refractivity contribution in [3.63, 3.8) is 0 Å². The maximum Gasteiger partial charge on any atom is 0.256 e. The normalized spacial score (nSPS) is 11.2. The third-order valence-corrected chi connectivity index (χ3v) is 6.15. The van der Waals surface area contributed by atoms with E-state index < -0.39 is 10.7 Å². The Morgan fingerprint density at radius 1 is 1.03 bits per heavy atom. The molecule has 3 aromatic rings. The van der Waals surface area contributed by atoms with Crippen molar-refractivity contribution in [3.8, 4) is 0 Å². The van der Waals surface area contributed by atoms with Gasteiger partial charge in [-0.2, -0.15) is 0 Å². The van der Waals surface area contributed by atoms with Gasteiger partial charge in [0.2, 0.25) is 5.91 Å². The number of hydrogen-bond donors (Lipinski definition) is 1. The number of hydrogen-bond acceptors (Lipinski definition) is 3. The highest BCUT2D eigenvalue weighted by Gasteiger charge is 2.25. The smallest absolute Gasteiger partial charge is 0.256 e. The highest BCUT2D eigenvalue weighted by atomic mass is 35.5. The predicted molar refractivity (Wildman–Crippen MR) is 137 cm³/mol. The molecule has 0 radical (unpaired) electrons. The van der Waals surface area contributed by atoms with Crippen molar-refractivity contribution < 1.29 is 14.3 Å². The van der Waals surface area contributed by atoms with E-state index in [1.54, 1.807) is 12.0 Å². The summed E-state index contributed by atoms with van der Waals surface area (Å²) in [6, 6.07) is 16.2. The summed E-state index contributed by atoms with van der Waals surface area (Å²) >= 11 is 11.7. The number of aromatic nitrogens is 1. The van der Waals surface area contributed by atoms with E-state index in [2.05, 4.69) is 11.1 Å². The summed E-state index contributed by atoms with van der Waals surface area (Å²) < 4.78 is 5.09. The molecular weight excluding hydrogens is 473 g/mol. The topological polar surface area (TPSA) is 65.6 Å². The minimum atomic E-state index is -1.22. The van der Waals surface area contributed by atoms with E-state index >= 15 is 0 Å². The molecule has 2 amide bonds. The standard InChI is InChI=1S/C26H31Cl2N3O3/c1-19-8-10-20(11-9-19)17-30(14-12-21-16-29-23-7-4-3-6-22(21)23)24(32)18-31(13-5-15-34-2)26(33)25(27)28/h3-4,6-11,16,25,29H,5,12-15,17-18H2,1-2H3. The van der Waals surface area contributed by atoms with Crippen LogP contribution in [0.1, 0.15) is 23.1 Å². The highest BCUT2D eigenvalue weighted by molar-refractivity contribution is 6.53. The number of carbonyl (C=O) groups is 2. The number of nitrogens with zero attached hydrogens (tertiary/aromatic N) is 2. The number of benzene rings is 2. The first-order valence-corrected chi connectivity index (χ1v) is 12.2. The van der Waals surface area contributed by atoms with Gasteiger partial charge >= 0.3 is 0 Å². The van der Waals surface area contributed by atoms with Gasteiger partial charge in [-0.1, -0.05) is 71.2 Å². The molecule has 1 heterocycles. The number of H-pyrrole nitrogens is 1. The molecule has 34 heavy (non-hydrogen) atoms. The lowest BCUT2D eigenvalue weighted by molar-refractivity contribution is -0.140. The number of para-hydroxylation sites is 1. The van der Waals surface area contributed by atoms with E-state index in [0.29, 0.717) is 39.1 Å². The molecule has 0 spiro atoms.